The summed E-state index contributed by atoms with van der Waals surface area (Å²) in [5, 5.41) is 9.28. The molecular formula is C20H22N2O3. The molecule has 0 radical (unpaired) electrons. The molecule has 0 bridgehead atoms. The number of carbonyl (C=O) groups excluding carboxylic acids is 1. The van der Waals surface area contributed by atoms with Crippen LogP contribution in [-0.4, -0.2) is 48.1 Å². The molecule has 1 fully saturated rings. The Morgan fingerprint density at radius 2 is 1.56 bits per heavy atom. The van der Waals surface area contributed by atoms with E-state index < -0.39 is 5.97 Å². The zero-order chi connectivity index (χ0) is 18.0. The predicted molar refractivity (Wildman–Crippen MR) is 97.4 cm³/mol. The molecule has 5 heteroatoms. The number of hydrogen-bond acceptors (Lipinski definition) is 3. The van der Waals surface area contributed by atoms with Gasteiger partial charge in [0.1, 0.15) is 0 Å². The summed E-state index contributed by atoms with van der Waals surface area (Å²) in [7, 11) is 0. The average Bonchev–Trinajstić information content (AvgIpc) is 2.63. The first-order valence-corrected chi connectivity index (χ1v) is 8.41. The van der Waals surface area contributed by atoms with Gasteiger partial charge in [-0.3, -0.25) is 4.79 Å². The van der Waals surface area contributed by atoms with E-state index in [0.717, 1.165) is 13.1 Å². The van der Waals surface area contributed by atoms with Crippen molar-refractivity contribution >= 4 is 17.6 Å². The van der Waals surface area contributed by atoms with Gasteiger partial charge in [0.25, 0.3) is 5.91 Å². The van der Waals surface area contributed by atoms with Gasteiger partial charge in [0.2, 0.25) is 0 Å². The molecule has 1 aliphatic rings. The second-order valence-corrected chi connectivity index (χ2v) is 6.42. The molecule has 2 aromatic carbocycles. The first-order chi connectivity index (χ1) is 12.0. The van der Waals surface area contributed by atoms with Crippen LogP contribution in [0.2, 0.25) is 0 Å². The minimum Gasteiger partial charge on any atom is -0.478 e. The molecule has 1 saturated heterocycles. The van der Waals surface area contributed by atoms with Crippen molar-refractivity contribution in [3.63, 3.8) is 0 Å². The number of rotatable bonds is 3. The molecule has 0 atom stereocenters. The van der Waals surface area contributed by atoms with E-state index in [9.17, 15) is 14.7 Å². The highest BCUT2D eigenvalue weighted by atomic mass is 16.4. The highest BCUT2D eigenvalue weighted by Gasteiger charge is 2.25. The molecule has 3 rings (SSSR count). The first kappa shape index (κ1) is 17.0. The minimum absolute atomic E-state index is 0.0597. The zero-order valence-corrected chi connectivity index (χ0v) is 14.5. The maximum atomic E-state index is 12.7. The summed E-state index contributed by atoms with van der Waals surface area (Å²) in [6.07, 6.45) is 0. The number of anilines is 1. The molecule has 1 amide bonds. The summed E-state index contributed by atoms with van der Waals surface area (Å²) >= 11 is 0. The number of hydrogen-bond donors (Lipinski definition) is 1. The van der Waals surface area contributed by atoms with Crippen molar-refractivity contribution in [2.75, 3.05) is 31.1 Å². The molecule has 5 nitrogen and oxygen atoms in total. The van der Waals surface area contributed by atoms with Crippen LogP contribution in [0.15, 0.2) is 42.5 Å². The molecule has 2 aromatic rings. The van der Waals surface area contributed by atoms with Crippen molar-refractivity contribution in [2.45, 2.75) is 13.8 Å². The van der Waals surface area contributed by atoms with E-state index in [1.165, 1.54) is 22.9 Å². The van der Waals surface area contributed by atoms with E-state index in [0.29, 0.717) is 13.1 Å². The smallest absolute Gasteiger partial charge is 0.336 e. The van der Waals surface area contributed by atoms with Crippen LogP contribution in [0.5, 0.6) is 0 Å². The number of carboxylic acid groups (broad SMARTS) is 1. The Labute approximate surface area is 147 Å². The lowest BCUT2D eigenvalue weighted by Crippen LogP contribution is -2.49. The van der Waals surface area contributed by atoms with Gasteiger partial charge in [-0.2, -0.15) is 0 Å². The van der Waals surface area contributed by atoms with E-state index in [-0.39, 0.29) is 17.0 Å². The van der Waals surface area contributed by atoms with Crippen molar-refractivity contribution in [3.8, 4) is 0 Å². The molecule has 0 saturated carbocycles. The predicted octanol–water partition coefficient (Wildman–Crippen LogP) is 2.96. The third kappa shape index (κ3) is 3.50. The van der Waals surface area contributed by atoms with E-state index >= 15 is 0 Å². The van der Waals surface area contributed by atoms with Gasteiger partial charge in [0, 0.05) is 31.9 Å². The maximum Gasteiger partial charge on any atom is 0.336 e. The summed E-state index contributed by atoms with van der Waals surface area (Å²) in [6.45, 7) is 6.82. The summed E-state index contributed by atoms with van der Waals surface area (Å²) in [6, 6.07) is 12.8. The quantitative estimate of drug-likeness (QED) is 0.935. The van der Waals surface area contributed by atoms with Gasteiger partial charge >= 0.3 is 5.97 Å². The van der Waals surface area contributed by atoms with Crippen LogP contribution < -0.4 is 4.90 Å². The fraction of sp³-hybridized carbons (Fsp3) is 0.300. The monoisotopic (exact) mass is 338 g/mol. The van der Waals surface area contributed by atoms with E-state index in [1.54, 1.807) is 23.1 Å². The number of carbonyl (C=O) groups is 2. The number of piperazine rings is 1. The lowest BCUT2D eigenvalue weighted by Gasteiger charge is -2.37. The number of aromatic carboxylic acids is 1. The second kappa shape index (κ2) is 6.97. The number of carboxylic acids is 1. The fourth-order valence-corrected chi connectivity index (χ4v) is 3.24. The third-order valence-corrected chi connectivity index (χ3v) is 4.66. The number of amides is 1. The summed E-state index contributed by atoms with van der Waals surface area (Å²) < 4.78 is 0. The van der Waals surface area contributed by atoms with Gasteiger partial charge in [-0.15, -0.1) is 0 Å². The molecule has 0 spiro atoms. The van der Waals surface area contributed by atoms with E-state index in [2.05, 4.69) is 36.9 Å². The van der Waals surface area contributed by atoms with Crippen LogP contribution >= 0.6 is 0 Å². The zero-order valence-electron chi connectivity index (χ0n) is 14.5. The van der Waals surface area contributed by atoms with E-state index in [4.69, 9.17) is 0 Å². The Morgan fingerprint density at radius 1 is 0.920 bits per heavy atom. The summed E-state index contributed by atoms with van der Waals surface area (Å²) in [5.74, 6) is -1.28. The molecule has 1 N–H and O–H groups in total. The van der Waals surface area contributed by atoms with Crippen molar-refractivity contribution in [1.29, 1.82) is 0 Å². The van der Waals surface area contributed by atoms with Crippen molar-refractivity contribution in [1.82, 2.24) is 4.90 Å². The van der Waals surface area contributed by atoms with Gasteiger partial charge in [-0.25, -0.2) is 4.79 Å². The lowest BCUT2D eigenvalue weighted by molar-refractivity contribution is 0.0673. The molecule has 1 aliphatic heterocycles. The Hall–Kier alpha value is -2.82. The van der Waals surface area contributed by atoms with Crippen LogP contribution in [-0.2, 0) is 0 Å². The molecular weight excluding hydrogens is 316 g/mol. The normalized spacial score (nSPS) is 14.5. The van der Waals surface area contributed by atoms with E-state index in [1.807, 2.05) is 0 Å². The lowest BCUT2D eigenvalue weighted by atomic mass is 10.1. The average molecular weight is 338 g/mol. The Kier molecular flexibility index (Phi) is 4.74. The van der Waals surface area contributed by atoms with Gasteiger partial charge < -0.3 is 14.9 Å². The Morgan fingerprint density at radius 3 is 2.20 bits per heavy atom. The topological polar surface area (TPSA) is 60.9 Å². The second-order valence-electron chi connectivity index (χ2n) is 6.42. The summed E-state index contributed by atoms with van der Waals surface area (Å²) in [5.41, 5.74) is 3.97. The number of nitrogens with zero attached hydrogens (tertiary/aromatic N) is 2. The Bertz CT molecular complexity index is 808. The minimum atomic E-state index is -1.07. The number of aryl methyl sites for hydroxylation is 2. The molecule has 0 aliphatic carbocycles. The van der Waals surface area contributed by atoms with Crippen LogP contribution in [0.3, 0.4) is 0 Å². The van der Waals surface area contributed by atoms with Crippen molar-refractivity contribution in [2.24, 2.45) is 0 Å². The molecule has 25 heavy (non-hydrogen) atoms. The highest BCUT2D eigenvalue weighted by molar-refractivity contribution is 6.04. The van der Waals surface area contributed by atoms with Crippen molar-refractivity contribution < 1.29 is 14.7 Å². The van der Waals surface area contributed by atoms with Crippen molar-refractivity contribution in [3.05, 3.63) is 64.7 Å². The van der Waals surface area contributed by atoms with Gasteiger partial charge in [0.05, 0.1) is 11.1 Å². The molecule has 130 valence electrons. The van der Waals surface area contributed by atoms with Crippen LogP contribution in [0, 0.1) is 13.8 Å². The summed E-state index contributed by atoms with van der Waals surface area (Å²) in [4.78, 5) is 28.1. The molecule has 0 aromatic heterocycles. The Balaban J connectivity index is 1.73. The third-order valence-electron chi connectivity index (χ3n) is 4.66. The standard InChI is InChI=1S/C20H22N2O3/c1-14-7-8-15(2)18(13-14)21-9-11-22(12-10-21)19(23)16-5-3-4-6-17(16)20(24)25/h3-8,13H,9-12H2,1-2H3,(H,24,25). The van der Waals surface area contributed by atoms with Gasteiger partial charge in [-0.1, -0.05) is 24.3 Å². The maximum absolute atomic E-state index is 12.7. The largest absolute Gasteiger partial charge is 0.478 e. The van der Waals surface area contributed by atoms with Gasteiger partial charge in [-0.05, 0) is 43.2 Å². The number of benzene rings is 2. The fourth-order valence-electron chi connectivity index (χ4n) is 3.24. The SMILES string of the molecule is Cc1ccc(C)c(N2CCN(C(=O)c3ccccc3C(=O)O)CC2)c1. The highest BCUT2D eigenvalue weighted by Crippen LogP contribution is 2.23. The van der Waals surface area contributed by atoms with Gasteiger partial charge in [0.15, 0.2) is 0 Å². The molecule has 1 heterocycles. The van der Waals surface area contributed by atoms with Crippen LogP contribution in [0.4, 0.5) is 5.69 Å². The van der Waals surface area contributed by atoms with Crippen LogP contribution in [0.1, 0.15) is 31.8 Å². The first-order valence-electron chi connectivity index (χ1n) is 8.41. The van der Waals surface area contributed by atoms with Crippen LogP contribution in [0.25, 0.3) is 0 Å². The molecule has 0 unspecified atom stereocenters.